The average molecular weight is 292 g/mol. The second-order valence-corrected chi connectivity index (χ2v) is 5.00. The fourth-order valence-corrected chi connectivity index (χ4v) is 2.67. The summed E-state index contributed by atoms with van der Waals surface area (Å²) in [5.41, 5.74) is 1.21. The molecule has 0 spiro atoms. The van der Waals surface area contributed by atoms with E-state index in [0.29, 0.717) is 0 Å². The summed E-state index contributed by atoms with van der Waals surface area (Å²) in [4.78, 5) is 4.36. The van der Waals surface area contributed by atoms with Crippen LogP contribution in [0.25, 0.3) is 0 Å². The maximum atomic E-state index is 12.3. The van der Waals surface area contributed by atoms with Gasteiger partial charge in [0.1, 0.15) is 5.75 Å². The molecule has 1 aliphatic rings. The van der Waals surface area contributed by atoms with Gasteiger partial charge in [0.2, 0.25) is 0 Å². The van der Waals surface area contributed by atoms with Gasteiger partial charge < -0.3 is 4.74 Å². The third kappa shape index (κ3) is 2.73. The highest BCUT2D eigenvalue weighted by atomic mass is 19.4. The number of ether oxygens (including phenoxy) is 1. The van der Waals surface area contributed by atoms with Crippen molar-refractivity contribution in [3.05, 3.63) is 66.3 Å². The average Bonchev–Trinajstić information content (AvgIpc) is 2.37. The van der Waals surface area contributed by atoms with Crippen LogP contribution in [0.5, 0.6) is 5.75 Å². The summed E-state index contributed by atoms with van der Waals surface area (Å²) >= 11 is 0. The number of halogens is 3. The Labute approximate surface area is 120 Å². The number of benzene rings is 1. The van der Waals surface area contributed by atoms with Gasteiger partial charge in [-0.1, -0.05) is 18.2 Å². The van der Waals surface area contributed by atoms with Crippen molar-refractivity contribution in [3.63, 3.8) is 0 Å². The molecule has 2 nitrogen and oxygen atoms in total. The monoisotopic (exact) mass is 292 g/mol. The van der Waals surface area contributed by atoms with E-state index in [1.54, 1.807) is 12.3 Å². The number of pyridine rings is 1. The van der Waals surface area contributed by atoms with Crippen LogP contribution in [0, 0.1) is 6.42 Å². The van der Waals surface area contributed by atoms with E-state index in [9.17, 15) is 13.2 Å². The molecule has 1 atom stereocenters. The molecule has 0 aliphatic heterocycles. The fraction of sp³-hybridized carbons (Fsp3) is 0.250. The highest BCUT2D eigenvalue weighted by Gasteiger charge is 2.42. The van der Waals surface area contributed by atoms with E-state index in [1.807, 2.05) is 24.3 Å². The lowest BCUT2D eigenvalue weighted by atomic mass is 9.62. The zero-order valence-corrected chi connectivity index (χ0v) is 11.1. The Hall–Kier alpha value is -2.04. The molecule has 1 fully saturated rings. The smallest absolute Gasteiger partial charge is 0.406 e. The van der Waals surface area contributed by atoms with Crippen LogP contribution in [0.15, 0.2) is 48.7 Å². The van der Waals surface area contributed by atoms with Gasteiger partial charge in [0.05, 0.1) is 5.69 Å². The summed E-state index contributed by atoms with van der Waals surface area (Å²) in [6, 6.07) is 11.7. The maximum absolute atomic E-state index is 12.3. The predicted octanol–water partition coefficient (Wildman–Crippen LogP) is 4.26. The van der Waals surface area contributed by atoms with Gasteiger partial charge in [0, 0.05) is 11.6 Å². The van der Waals surface area contributed by atoms with Gasteiger partial charge >= 0.3 is 6.36 Å². The van der Waals surface area contributed by atoms with Crippen LogP contribution < -0.4 is 4.74 Å². The molecule has 1 aliphatic carbocycles. The minimum absolute atomic E-state index is 0.199. The lowest BCUT2D eigenvalue weighted by molar-refractivity contribution is -0.274. The van der Waals surface area contributed by atoms with Gasteiger partial charge in [0.25, 0.3) is 0 Å². The molecule has 3 rings (SSSR count). The first-order chi connectivity index (χ1) is 10.00. The van der Waals surface area contributed by atoms with Crippen molar-refractivity contribution in [3.8, 4) is 5.75 Å². The Bertz CT molecular complexity index is 621. The van der Waals surface area contributed by atoms with E-state index in [-0.39, 0.29) is 5.75 Å². The number of hydrogen-bond acceptors (Lipinski definition) is 2. The molecular formula is C16H13F3NO. The van der Waals surface area contributed by atoms with Crippen molar-refractivity contribution in [2.75, 3.05) is 0 Å². The number of nitrogens with zero attached hydrogens (tertiary/aromatic N) is 1. The maximum Gasteiger partial charge on any atom is 0.573 e. The zero-order chi connectivity index (χ0) is 14.9. The van der Waals surface area contributed by atoms with Crippen molar-refractivity contribution in [2.24, 2.45) is 0 Å². The van der Waals surface area contributed by atoms with Gasteiger partial charge in [-0.25, -0.2) is 0 Å². The number of aromatic nitrogens is 1. The van der Waals surface area contributed by atoms with Crippen molar-refractivity contribution < 1.29 is 17.9 Å². The first kappa shape index (κ1) is 13.9. The molecule has 1 aromatic heterocycles. The Morgan fingerprint density at radius 1 is 1.10 bits per heavy atom. The minimum atomic E-state index is -4.68. The zero-order valence-electron chi connectivity index (χ0n) is 11.1. The van der Waals surface area contributed by atoms with E-state index in [2.05, 4.69) is 16.1 Å². The Morgan fingerprint density at radius 2 is 1.90 bits per heavy atom. The van der Waals surface area contributed by atoms with Crippen LogP contribution in [0.1, 0.15) is 24.1 Å². The Kier molecular flexibility index (Phi) is 3.35. The molecule has 1 radical (unpaired) electrons. The van der Waals surface area contributed by atoms with Crippen molar-refractivity contribution in [1.29, 1.82) is 0 Å². The lowest BCUT2D eigenvalue weighted by Crippen LogP contribution is -2.37. The SMILES string of the molecule is FC(F)(F)Oc1cccc(C2(c3ccccn3)[CH]CC2)c1. The van der Waals surface area contributed by atoms with Gasteiger partial charge in [-0.2, -0.15) is 0 Å². The fourth-order valence-electron chi connectivity index (χ4n) is 2.67. The van der Waals surface area contributed by atoms with Gasteiger partial charge in [-0.3, -0.25) is 4.98 Å². The predicted molar refractivity (Wildman–Crippen MR) is 71.7 cm³/mol. The third-order valence-electron chi connectivity index (χ3n) is 3.74. The second-order valence-electron chi connectivity index (χ2n) is 5.00. The summed E-state index contributed by atoms with van der Waals surface area (Å²) in [6.45, 7) is 0. The standard InChI is InChI=1S/C16H13F3NO/c17-16(18,19)21-13-6-3-5-12(11-13)15(8-4-9-15)14-7-1-2-10-20-14/h1-3,5-8,10-11H,4,9H2. The molecule has 1 unspecified atom stereocenters. The van der Waals surface area contributed by atoms with E-state index in [1.165, 1.54) is 12.1 Å². The molecule has 109 valence electrons. The molecule has 1 saturated carbocycles. The van der Waals surface area contributed by atoms with Crippen molar-refractivity contribution in [1.82, 2.24) is 4.98 Å². The topological polar surface area (TPSA) is 22.1 Å². The van der Waals surface area contributed by atoms with Crippen molar-refractivity contribution in [2.45, 2.75) is 24.6 Å². The summed E-state index contributed by atoms with van der Waals surface area (Å²) in [6.07, 6.45) is 0.849. The van der Waals surface area contributed by atoms with E-state index in [0.717, 1.165) is 24.1 Å². The third-order valence-corrected chi connectivity index (χ3v) is 3.74. The Morgan fingerprint density at radius 3 is 2.48 bits per heavy atom. The van der Waals surface area contributed by atoms with Gasteiger partial charge in [-0.05, 0) is 49.1 Å². The highest BCUT2D eigenvalue weighted by Crippen LogP contribution is 2.48. The largest absolute Gasteiger partial charge is 0.573 e. The van der Waals surface area contributed by atoms with Crippen LogP contribution in [-0.2, 0) is 5.41 Å². The molecule has 0 N–H and O–H groups in total. The molecule has 0 amide bonds. The van der Waals surface area contributed by atoms with E-state index in [4.69, 9.17) is 0 Å². The van der Waals surface area contributed by atoms with E-state index >= 15 is 0 Å². The first-order valence-corrected chi connectivity index (χ1v) is 6.62. The van der Waals surface area contributed by atoms with Crippen LogP contribution in [0.3, 0.4) is 0 Å². The second kappa shape index (κ2) is 5.06. The Balaban J connectivity index is 1.97. The molecular weight excluding hydrogens is 279 g/mol. The lowest BCUT2D eigenvalue weighted by Gasteiger charge is -2.41. The molecule has 0 saturated heterocycles. The molecule has 21 heavy (non-hydrogen) atoms. The van der Waals surface area contributed by atoms with Gasteiger partial charge in [-0.15, -0.1) is 13.2 Å². The minimum Gasteiger partial charge on any atom is -0.406 e. The molecule has 0 bridgehead atoms. The number of hydrogen-bond donors (Lipinski definition) is 0. The van der Waals surface area contributed by atoms with Gasteiger partial charge in [0.15, 0.2) is 0 Å². The normalized spacial score (nSPS) is 17.1. The quantitative estimate of drug-likeness (QED) is 0.843. The van der Waals surface area contributed by atoms with Crippen LogP contribution in [0.4, 0.5) is 13.2 Å². The van der Waals surface area contributed by atoms with Crippen LogP contribution >= 0.6 is 0 Å². The molecule has 1 heterocycles. The van der Waals surface area contributed by atoms with Crippen molar-refractivity contribution >= 4 is 0 Å². The summed E-state index contributed by atoms with van der Waals surface area (Å²) in [7, 11) is 0. The summed E-state index contributed by atoms with van der Waals surface area (Å²) in [5, 5.41) is 0. The highest BCUT2D eigenvalue weighted by molar-refractivity contribution is 5.46. The summed E-state index contributed by atoms with van der Waals surface area (Å²) in [5.74, 6) is -0.199. The molecule has 1 aromatic carbocycles. The van der Waals surface area contributed by atoms with Crippen LogP contribution in [0.2, 0.25) is 0 Å². The summed E-state index contributed by atoms with van der Waals surface area (Å²) < 4.78 is 41.0. The first-order valence-electron chi connectivity index (χ1n) is 6.62. The van der Waals surface area contributed by atoms with E-state index < -0.39 is 11.8 Å². The molecule has 2 aromatic rings. The number of alkyl halides is 3. The number of rotatable bonds is 3. The molecule has 5 heteroatoms. The van der Waals surface area contributed by atoms with Crippen LogP contribution in [-0.4, -0.2) is 11.3 Å².